The van der Waals surface area contributed by atoms with Gasteiger partial charge >= 0.3 is 0 Å². The van der Waals surface area contributed by atoms with E-state index in [1.807, 2.05) is 12.1 Å². The van der Waals surface area contributed by atoms with Gasteiger partial charge in [0.05, 0.1) is 5.69 Å². The van der Waals surface area contributed by atoms with E-state index in [4.69, 9.17) is 5.26 Å². The molecule has 2 nitrogen and oxygen atoms in total. The van der Waals surface area contributed by atoms with Gasteiger partial charge in [0.1, 0.15) is 16.0 Å². The van der Waals surface area contributed by atoms with Crippen LogP contribution < -0.4 is 0 Å². The minimum absolute atomic E-state index is 0.540. The first-order valence-corrected chi connectivity index (χ1v) is 6.58. The number of rotatable bonds is 2. The van der Waals surface area contributed by atoms with Gasteiger partial charge in [0.2, 0.25) is 0 Å². The summed E-state index contributed by atoms with van der Waals surface area (Å²) >= 11 is 1.52. The Morgan fingerprint density at radius 1 is 1.35 bits per heavy atom. The monoisotopic (exact) mass is 240 g/mol. The number of hydrogen-bond acceptors (Lipinski definition) is 3. The maximum Gasteiger partial charge on any atom is 0.128 e. The van der Waals surface area contributed by atoms with Gasteiger partial charge in [-0.3, -0.25) is 0 Å². The molecule has 0 N–H and O–H groups in total. The molecule has 84 valence electrons. The van der Waals surface area contributed by atoms with Crippen molar-refractivity contribution in [2.75, 3.05) is 0 Å². The molecule has 2 aromatic rings. The first-order valence-electron chi connectivity index (χ1n) is 5.76. The second-order valence-corrected chi connectivity index (χ2v) is 5.43. The van der Waals surface area contributed by atoms with Crippen LogP contribution in [-0.2, 0) is 0 Å². The van der Waals surface area contributed by atoms with Crippen LogP contribution in [0.2, 0.25) is 0 Å². The van der Waals surface area contributed by atoms with E-state index in [1.54, 1.807) is 0 Å². The summed E-state index contributed by atoms with van der Waals surface area (Å²) in [6.45, 7) is 2.08. The predicted molar refractivity (Wildman–Crippen MR) is 69.0 cm³/mol. The number of aromatic nitrogens is 1. The standard InChI is InChI=1S/C14H12N2S/c1-9-4-2-3-5-11(9)14-16-13(10-6-7-10)12(8-15)17-14/h2-5,10H,6-7H2,1H3. The van der Waals surface area contributed by atoms with Crippen LogP contribution in [0.25, 0.3) is 10.6 Å². The van der Waals surface area contributed by atoms with E-state index in [1.165, 1.54) is 29.7 Å². The van der Waals surface area contributed by atoms with Crippen molar-refractivity contribution >= 4 is 11.3 Å². The largest absolute Gasteiger partial charge is 0.239 e. The van der Waals surface area contributed by atoms with Gasteiger partial charge in [-0.1, -0.05) is 24.3 Å². The van der Waals surface area contributed by atoms with E-state index >= 15 is 0 Å². The number of nitrogens with zero attached hydrogens (tertiary/aromatic N) is 2. The Balaban J connectivity index is 2.10. The summed E-state index contributed by atoms with van der Waals surface area (Å²) in [5, 5.41) is 10.1. The lowest BCUT2D eigenvalue weighted by atomic mass is 10.1. The molecule has 1 heterocycles. The normalized spacial score (nSPS) is 14.6. The van der Waals surface area contributed by atoms with Crippen LogP contribution in [0.3, 0.4) is 0 Å². The minimum atomic E-state index is 0.540. The van der Waals surface area contributed by atoms with Crippen LogP contribution in [0.15, 0.2) is 24.3 Å². The van der Waals surface area contributed by atoms with Crippen molar-refractivity contribution in [2.45, 2.75) is 25.7 Å². The third-order valence-electron chi connectivity index (χ3n) is 3.09. The molecule has 1 aromatic carbocycles. The van der Waals surface area contributed by atoms with Crippen LogP contribution in [0, 0.1) is 18.3 Å². The summed E-state index contributed by atoms with van der Waals surface area (Å²) < 4.78 is 0. The molecular weight excluding hydrogens is 228 g/mol. The van der Waals surface area contributed by atoms with Crippen LogP contribution in [0.5, 0.6) is 0 Å². The van der Waals surface area contributed by atoms with Crippen molar-refractivity contribution in [3.8, 4) is 16.6 Å². The van der Waals surface area contributed by atoms with E-state index in [0.29, 0.717) is 5.92 Å². The predicted octanol–water partition coefficient (Wildman–Crippen LogP) is 3.87. The lowest BCUT2D eigenvalue weighted by Crippen LogP contribution is -1.84. The summed E-state index contributed by atoms with van der Waals surface area (Å²) in [6.07, 6.45) is 2.37. The Hall–Kier alpha value is -1.66. The highest BCUT2D eigenvalue weighted by atomic mass is 32.1. The molecule has 1 aliphatic rings. The molecule has 0 atom stereocenters. The highest BCUT2D eigenvalue weighted by Crippen LogP contribution is 2.44. The first-order chi connectivity index (χ1) is 8.29. The lowest BCUT2D eigenvalue weighted by Gasteiger charge is -1.99. The van der Waals surface area contributed by atoms with Gasteiger partial charge in [-0.25, -0.2) is 4.98 Å². The fourth-order valence-electron chi connectivity index (χ4n) is 1.97. The number of thiazole rings is 1. The molecule has 3 heteroatoms. The Bertz CT molecular complexity index is 603. The molecule has 0 saturated heterocycles. The maximum atomic E-state index is 9.15. The third kappa shape index (κ3) is 1.85. The molecule has 0 amide bonds. The second kappa shape index (κ2) is 3.97. The Morgan fingerprint density at radius 3 is 2.76 bits per heavy atom. The molecule has 17 heavy (non-hydrogen) atoms. The van der Waals surface area contributed by atoms with E-state index in [2.05, 4.69) is 30.1 Å². The Morgan fingerprint density at radius 2 is 2.12 bits per heavy atom. The van der Waals surface area contributed by atoms with Crippen LogP contribution in [0.4, 0.5) is 0 Å². The Labute approximate surface area is 105 Å². The lowest BCUT2D eigenvalue weighted by molar-refractivity contribution is 1.04. The second-order valence-electron chi connectivity index (χ2n) is 4.43. The maximum absolute atomic E-state index is 9.15. The molecule has 1 fully saturated rings. The van der Waals surface area contributed by atoms with E-state index in [0.717, 1.165) is 21.1 Å². The fraction of sp³-hybridized carbons (Fsp3) is 0.286. The molecule has 1 aromatic heterocycles. The van der Waals surface area contributed by atoms with Crippen molar-refractivity contribution in [2.24, 2.45) is 0 Å². The highest BCUT2D eigenvalue weighted by molar-refractivity contribution is 7.15. The average Bonchev–Trinajstić information content (AvgIpc) is 3.10. The van der Waals surface area contributed by atoms with Gasteiger partial charge in [-0.2, -0.15) is 5.26 Å². The van der Waals surface area contributed by atoms with Gasteiger partial charge in [-0.05, 0) is 25.3 Å². The van der Waals surface area contributed by atoms with Gasteiger partial charge in [-0.15, -0.1) is 11.3 Å². The summed E-state index contributed by atoms with van der Waals surface area (Å²) in [7, 11) is 0. The number of hydrogen-bond donors (Lipinski definition) is 0. The van der Waals surface area contributed by atoms with E-state index in [-0.39, 0.29) is 0 Å². The molecule has 0 aliphatic heterocycles. The Kier molecular flexibility index (Phi) is 2.45. The SMILES string of the molecule is Cc1ccccc1-c1nc(C2CC2)c(C#N)s1. The van der Waals surface area contributed by atoms with Gasteiger partial charge in [0.15, 0.2) is 0 Å². The van der Waals surface area contributed by atoms with E-state index in [9.17, 15) is 0 Å². The molecule has 1 aliphatic carbocycles. The summed E-state index contributed by atoms with van der Waals surface area (Å²) in [5.41, 5.74) is 3.39. The van der Waals surface area contributed by atoms with Gasteiger partial charge in [0, 0.05) is 11.5 Å². The molecule has 0 radical (unpaired) electrons. The summed E-state index contributed by atoms with van der Waals surface area (Å²) in [4.78, 5) is 5.47. The molecule has 1 saturated carbocycles. The molecule has 0 bridgehead atoms. The zero-order valence-electron chi connectivity index (χ0n) is 9.60. The minimum Gasteiger partial charge on any atom is -0.239 e. The average molecular weight is 240 g/mol. The molecule has 3 rings (SSSR count). The van der Waals surface area contributed by atoms with Gasteiger partial charge in [0.25, 0.3) is 0 Å². The van der Waals surface area contributed by atoms with Crippen molar-refractivity contribution in [1.82, 2.24) is 4.98 Å². The van der Waals surface area contributed by atoms with Crippen molar-refractivity contribution < 1.29 is 0 Å². The third-order valence-corrected chi connectivity index (χ3v) is 4.10. The van der Waals surface area contributed by atoms with Crippen molar-refractivity contribution in [3.05, 3.63) is 40.4 Å². The van der Waals surface area contributed by atoms with Gasteiger partial charge < -0.3 is 0 Å². The van der Waals surface area contributed by atoms with Crippen LogP contribution >= 0.6 is 11.3 Å². The summed E-state index contributed by atoms with van der Waals surface area (Å²) in [6, 6.07) is 10.5. The van der Waals surface area contributed by atoms with Crippen LogP contribution in [-0.4, -0.2) is 4.98 Å². The quantitative estimate of drug-likeness (QED) is 0.799. The summed E-state index contributed by atoms with van der Waals surface area (Å²) in [5.74, 6) is 0.540. The zero-order chi connectivity index (χ0) is 11.8. The highest BCUT2D eigenvalue weighted by Gasteiger charge is 2.30. The number of aryl methyl sites for hydroxylation is 1. The molecular formula is C14H12N2S. The van der Waals surface area contributed by atoms with Crippen molar-refractivity contribution in [1.29, 1.82) is 5.26 Å². The zero-order valence-corrected chi connectivity index (χ0v) is 10.4. The van der Waals surface area contributed by atoms with Crippen molar-refractivity contribution in [3.63, 3.8) is 0 Å². The number of benzene rings is 1. The van der Waals surface area contributed by atoms with Crippen LogP contribution in [0.1, 0.15) is 34.9 Å². The number of nitriles is 1. The topological polar surface area (TPSA) is 36.7 Å². The van der Waals surface area contributed by atoms with E-state index < -0.39 is 0 Å². The fourth-order valence-corrected chi connectivity index (χ4v) is 3.01. The first kappa shape index (κ1) is 10.5. The molecule has 0 spiro atoms. The smallest absolute Gasteiger partial charge is 0.128 e. The molecule has 0 unspecified atom stereocenters.